The highest BCUT2D eigenvalue weighted by Crippen LogP contribution is 2.28. The number of pyridine rings is 1. The molecule has 5 nitrogen and oxygen atoms in total. The average molecular weight is 412 g/mol. The molecule has 0 aliphatic rings. The molecular formula is C22H19ClFN3O2. The molecule has 0 amide bonds. The van der Waals surface area contributed by atoms with Crippen LogP contribution in [0.4, 0.5) is 4.39 Å². The van der Waals surface area contributed by atoms with Crippen molar-refractivity contribution in [1.29, 1.82) is 0 Å². The quantitative estimate of drug-likeness (QED) is 0.439. The Hall–Kier alpha value is -2.96. The molecule has 1 N–H and O–H groups in total. The number of nitrogens with one attached hydrogen (secondary N) is 1. The number of aromatic amines is 1. The zero-order chi connectivity index (χ0) is 20.2. The van der Waals surface area contributed by atoms with Crippen LogP contribution < -0.4 is 4.74 Å². The number of H-pyrrole nitrogens is 1. The van der Waals surface area contributed by atoms with E-state index in [1.165, 1.54) is 12.1 Å². The van der Waals surface area contributed by atoms with Gasteiger partial charge in [0, 0.05) is 12.8 Å². The van der Waals surface area contributed by atoms with Crippen LogP contribution in [-0.2, 0) is 11.3 Å². The largest absolute Gasteiger partial charge is 0.489 e. The van der Waals surface area contributed by atoms with Gasteiger partial charge in [-0.3, -0.25) is 0 Å². The molecule has 4 rings (SSSR count). The summed E-state index contributed by atoms with van der Waals surface area (Å²) in [6.45, 7) is 2.83. The van der Waals surface area contributed by atoms with Crippen LogP contribution in [0.2, 0.25) is 5.02 Å². The first-order chi connectivity index (χ1) is 14.1. The number of aromatic nitrogens is 3. The molecular weight excluding hydrogens is 393 g/mol. The molecule has 1 atom stereocenters. The van der Waals surface area contributed by atoms with E-state index in [-0.39, 0.29) is 11.9 Å². The molecule has 2 heterocycles. The summed E-state index contributed by atoms with van der Waals surface area (Å²) in [7, 11) is 0. The van der Waals surface area contributed by atoms with E-state index in [0.29, 0.717) is 35.5 Å². The zero-order valence-corrected chi connectivity index (χ0v) is 16.5. The van der Waals surface area contributed by atoms with Gasteiger partial charge in [-0.25, -0.2) is 14.4 Å². The van der Waals surface area contributed by atoms with Crippen molar-refractivity contribution in [3.8, 4) is 5.75 Å². The van der Waals surface area contributed by atoms with Gasteiger partial charge >= 0.3 is 0 Å². The number of imidazole rings is 1. The van der Waals surface area contributed by atoms with Gasteiger partial charge in [0.15, 0.2) is 5.65 Å². The highest BCUT2D eigenvalue weighted by Gasteiger charge is 2.19. The predicted molar refractivity (Wildman–Crippen MR) is 110 cm³/mol. The lowest BCUT2D eigenvalue weighted by Gasteiger charge is -2.16. The van der Waals surface area contributed by atoms with Gasteiger partial charge in [-0.15, -0.1) is 0 Å². The lowest BCUT2D eigenvalue weighted by atomic mass is 10.1. The molecule has 0 bridgehead atoms. The summed E-state index contributed by atoms with van der Waals surface area (Å²) in [5.74, 6) is 1.12. The third-order valence-corrected chi connectivity index (χ3v) is 4.61. The molecule has 0 radical (unpaired) electrons. The van der Waals surface area contributed by atoms with E-state index in [1.807, 2.05) is 31.2 Å². The summed E-state index contributed by atoms with van der Waals surface area (Å²) in [5.41, 5.74) is 3.19. The summed E-state index contributed by atoms with van der Waals surface area (Å²) in [6.07, 6.45) is 1.20. The van der Waals surface area contributed by atoms with E-state index in [0.717, 1.165) is 16.6 Å². The SMILES string of the molecule is CCOC(c1ccc(OCc2ccc(F)cc2)cc1)c1nc2ncc(Cl)cc2[nH]1. The van der Waals surface area contributed by atoms with Crippen LogP contribution in [0, 0.1) is 5.82 Å². The van der Waals surface area contributed by atoms with E-state index < -0.39 is 0 Å². The highest BCUT2D eigenvalue weighted by atomic mass is 35.5. The van der Waals surface area contributed by atoms with Gasteiger partial charge in [0.25, 0.3) is 0 Å². The molecule has 4 aromatic rings. The van der Waals surface area contributed by atoms with Gasteiger partial charge in [0.2, 0.25) is 0 Å². The van der Waals surface area contributed by atoms with Crippen LogP contribution in [0.1, 0.15) is 30.0 Å². The molecule has 29 heavy (non-hydrogen) atoms. The second kappa shape index (κ2) is 8.59. The van der Waals surface area contributed by atoms with Crippen molar-refractivity contribution in [2.45, 2.75) is 19.6 Å². The topological polar surface area (TPSA) is 60.0 Å². The van der Waals surface area contributed by atoms with E-state index in [2.05, 4.69) is 15.0 Å². The average Bonchev–Trinajstić information content (AvgIpc) is 3.15. The minimum absolute atomic E-state index is 0.261. The Balaban J connectivity index is 1.51. The standard InChI is InChI=1S/C22H19ClFN3O2/c1-2-28-20(22-26-19-11-16(23)12-25-21(19)27-22)15-5-9-18(10-6-15)29-13-14-3-7-17(24)8-4-14/h3-12,20H,2,13H2,1H3,(H,25,26,27). The minimum Gasteiger partial charge on any atom is -0.489 e. The smallest absolute Gasteiger partial charge is 0.177 e. The molecule has 0 saturated heterocycles. The maximum atomic E-state index is 13.0. The normalized spacial score (nSPS) is 12.2. The number of benzene rings is 2. The van der Waals surface area contributed by atoms with Crippen LogP contribution in [-0.4, -0.2) is 21.6 Å². The number of nitrogens with zero attached hydrogens (tertiary/aromatic N) is 2. The van der Waals surface area contributed by atoms with Crippen molar-refractivity contribution in [3.05, 3.63) is 88.6 Å². The predicted octanol–water partition coefficient (Wildman–Crippen LogP) is 5.46. The Labute approximate surface area is 172 Å². The summed E-state index contributed by atoms with van der Waals surface area (Å²) < 4.78 is 24.7. The minimum atomic E-state index is -0.362. The van der Waals surface area contributed by atoms with Crippen molar-refractivity contribution in [2.24, 2.45) is 0 Å². The first-order valence-electron chi connectivity index (χ1n) is 9.22. The Bertz CT molecular complexity index is 1100. The molecule has 0 saturated carbocycles. The fourth-order valence-corrected chi connectivity index (χ4v) is 3.16. The molecule has 7 heteroatoms. The second-order valence-corrected chi connectivity index (χ2v) is 6.90. The monoisotopic (exact) mass is 411 g/mol. The molecule has 0 aliphatic carbocycles. The number of hydrogen-bond donors (Lipinski definition) is 1. The first kappa shape index (κ1) is 19.4. The summed E-state index contributed by atoms with van der Waals surface area (Å²) >= 11 is 6.01. The Kier molecular flexibility index (Phi) is 5.74. The van der Waals surface area contributed by atoms with E-state index in [4.69, 9.17) is 21.1 Å². The van der Waals surface area contributed by atoms with Gasteiger partial charge < -0.3 is 14.5 Å². The number of rotatable bonds is 7. The van der Waals surface area contributed by atoms with E-state index in [1.54, 1.807) is 24.4 Å². The molecule has 1 unspecified atom stereocenters. The fraction of sp³-hybridized carbons (Fsp3) is 0.182. The molecule has 0 fully saturated rings. The Morgan fingerprint density at radius 2 is 1.86 bits per heavy atom. The molecule has 2 aromatic carbocycles. The number of fused-ring (bicyclic) bond motifs is 1. The molecule has 0 spiro atoms. The van der Waals surface area contributed by atoms with Gasteiger partial charge in [-0.2, -0.15) is 0 Å². The third kappa shape index (κ3) is 4.55. The van der Waals surface area contributed by atoms with Crippen molar-refractivity contribution in [1.82, 2.24) is 15.0 Å². The fourth-order valence-electron chi connectivity index (χ4n) is 3.00. The summed E-state index contributed by atoms with van der Waals surface area (Å²) in [6, 6.07) is 15.7. The number of hydrogen-bond acceptors (Lipinski definition) is 4. The number of ether oxygens (including phenoxy) is 2. The first-order valence-corrected chi connectivity index (χ1v) is 9.60. The van der Waals surface area contributed by atoms with Gasteiger partial charge in [-0.05, 0) is 48.4 Å². The van der Waals surface area contributed by atoms with Crippen LogP contribution in [0.3, 0.4) is 0 Å². The zero-order valence-electron chi connectivity index (χ0n) is 15.7. The van der Waals surface area contributed by atoms with Crippen LogP contribution >= 0.6 is 11.6 Å². The van der Waals surface area contributed by atoms with Crippen molar-refractivity contribution in [3.63, 3.8) is 0 Å². The van der Waals surface area contributed by atoms with Crippen LogP contribution in [0.5, 0.6) is 5.75 Å². The third-order valence-electron chi connectivity index (χ3n) is 4.41. The van der Waals surface area contributed by atoms with E-state index >= 15 is 0 Å². The van der Waals surface area contributed by atoms with Crippen molar-refractivity contribution in [2.75, 3.05) is 6.61 Å². The van der Waals surface area contributed by atoms with E-state index in [9.17, 15) is 4.39 Å². The van der Waals surface area contributed by atoms with Crippen LogP contribution in [0.25, 0.3) is 11.2 Å². The summed E-state index contributed by atoms with van der Waals surface area (Å²) in [4.78, 5) is 12.0. The summed E-state index contributed by atoms with van der Waals surface area (Å²) in [5, 5.41) is 0.545. The van der Waals surface area contributed by atoms with Gasteiger partial charge in [0.05, 0.1) is 10.5 Å². The second-order valence-electron chi connectivity index (χ2n) is 6.47. The molecule has 148 valence electrons. The highest BCUT2D eigenvalue weighted by molar-refractivity contribution is 6.31. The Morgan fingerprint density at radius 3 is 2.59 bits per heavy atom. The van der Waals surface area contributed by atoms with Crippen LogP contribution in [0.15, 0.2) is 60.8 Å². The molecule has 2 aromatic heterocycles. The Morgan fingerprint density at radius 1 is 1.10 bits per heavy atom. The van der Waals surface area contributed by atoms with Crippen molar-refractivity contribution >= 4 is 22.8 Å². The maximum Gasteiger partial charge on any atom is 0.177 e. The van der Waals surface area contributed by atoms with Crippen molar-refractivity contribution < 1.29 is 13.9 Å². The van der Waals surface area contributed by atoms with Gasteiger partial charge in [-0.1, -0.05) is 35.9 Å². The number of halogens is 2. The van der Waals surface area contributed by atoms with Gasteiger partial charge in [0.1, 0.15) is 30.1 Å². The maximum absolute atomic E-state index is 13.0. The molecule has 0 aliphatic heterocycles. The lowest BCUT2D eigenvalue weighted by molar-refractivity contribution is 0.0859. The lowest BCUT2D eigenvalue weighted by Crippen LogP contribution is -2.08.